The molecule has 106 valence electrons. The second kappa shape index (κ2) is 8.48. The fraction of sp³-hybridized carbons (Fsp3) is 0.929. The number of nitrogens with one attached hydrogen (secondary N) is 1. The highest BCUT2D eigenvalue weighted by Crippen LogP contribution is 2.17. The van der Waals surface area contributed by atoms with Crippen LogP contribution in [0.4, 0.5) is 0 Å². The molecule has 1 atom stereocenters. The molecular formula is C14H28N2O2. The first-order chi connectivity index (χ1) is 8.69. The average Bonchev–Trinajstić information content (AvgIpc) is 2.40. The van der Waals surface area contributed by atoms with Gasteiger partial charge in [0.05, 0.1) is 6.04 Å². The number of nitrogens with zero attached hydrogens (tertiary/aromatic N) is 1. The van der Waals surface area contributed by atoms with Crippen molar-refractivity contribution < 1.29 is 9.90 Å². The summed E-state index contributed by atoms with van der Waals surface area (Å²) in [5.41, 5.74) is 0. The summed E-state index contributed by atoms with van der Waals surface area (Å²) in [5, 5.41) is 12.0. The lowest BCUT2D eigenvalue weighted by Gasteiger charge is -2.30. The number of hydrogen-bond donors (Lipinski definition) is 2. The topological polar surface area (TPSA) is 52.6 Å². The molecule has 0 spiro atoms. The van der Waals surface area contributed by atoms with Crippen LogP contribution in [0.2, 0.25) is 0 Å². The van der Waals surface area contributed by atoms with Crippen LogP contribution in [0.15, 0.2) is 0 Å². The van der Waals surface area contributed by atoms with Crippen molar-refractivity contribution in [3.63, 3.8) is 0 Å². The molecule has 0 aromatic carbocycles. The van der Waals surface area contributed by atoms with Gasteiger partial charge in [-0.15, -0.1) is 0 Å². The van der Waals surface area contributed by atoms with E-state index < -0.39 is 0 Å². The summed E-state index contributed by atoms with van der Waals surface area (Å²) in [7, 11) is 0. The molecule has 0 saturated heterocycles. The first kappa shape index (κ1) is 15.4. The van der Waals surface area contributed by atoms with Crippen molar-refractivity contribution in [2.24, 2.45) is 0 Å². The van der Waals surface area contributed by atoms with Gasteiger partial charge in [0.2, 0.25) is 5.91 Å². The minimum Gasteiger partial charge on any atom is -0.396 e. The van der Waals surface area contributed by atoms with Gasteiger partial charge in [0.15, 0.2) is 0 Å². The van der Waals surface area contributed by atoms with Gasteiger partial charge in [-0.2, -0.15) is 0 Å². The van der Waals surface area contributed by atoms with Gasteiger partial charge in [0.1, 0.15) is 0 Å². The molecule has 1 saturated carbocycles. The SMILES string of the molecule is CCN(CCCO)C(C)C(=O)NC1CCCCC1. The average molecular weight is 256 g/mol. The van der Waals surface area contributed by atoms with E-state index in [4.69, 9.17) is 5.11 Å². The number of hydrogen-bond acceptors (Lipinski definition) is 3. The lowest BCUT2D eigenvalue weighted by molar-refractivity contribution is -0.126. The lowest BCUT2D eigenvalue weighted by atomic mass is 9.95. The standard InChI is InChI=1S/C14H28N2O2/c1-3-16(10-7-11-17)12(2)14(18)15-13-8-5-4-6-9-13/h12-13,17H,3-11H2,1-2H3,(H,15,18). The summed E-state index contributed by atoms with van der Waals surface area (Å²) in [4.78, 5) is 14.3. The Morgan fingerprint density at radius 3 is 2.61 bits per heavy atom. The Kier molecular flexibility index (Phi) is 7.28. The number of carbonyl (C=O) groups is 1. The summed E-state index contributed by atoms with van der Waals surface area (Å²) in [6.45, 7) is 5.83. The Labute approximate surface area is 111 Å². The molecule has 0 radical (unpaired) electrons. The number of likely N-dealkylation sites (N-methyl/N-ethyl adjacent to an activating group) is 1. The molecule has 4 heteroatoms. The van der Waals surface area contributed by atoms with Gasteiger partial charge in [-0.25, -0.2) is 0 Å². The van der Waals surface area contributed by atoms with Crippen LogP contribution in [0.1, 0.15) is 52.4 Å². The number of carbonyl (C=O) groups excluding carboxylic acids is 1. The molecule has 0 heterocycles. The van der Waals surface area contributed by atoms with E-state index in [1.165, 1.54) is 19.3 Å². The van der Waals surface area contributed by atoms with Crippen LogP contribution in [-0.4, -0.2) is 47.7 Å². The molecule has 1 fully saturated rings. The van der Waals surface area contributed by atoms with Crippen LogP contribution in [0.25, 0.3) is 0 Å². The van der Waals surface area contributed by atoms with E-state index >= 15 is 0 Å². The van der Waals surface area contributed by atoms with Gasteiger partial charge in [-0.05, 0) is 32.7 Å². The van der Waals surface area contributed by atoms with Gasteiger partial charge in [-0.1, -0.05) is 26.2 Å². The Morgan fingerprint density at radius 1 is 1.39 bits per heavy atom. The van der Waals surface area contributed by atoms with E-state index in [1.54, 1.807) is 0 Å². The molecular weight excluding hydrogens is 228 g/mol. The van der Waals surface area contributed by atoms with Crippen LogP contribution in [0, 0.1) is 0 Å². The van der Waals surface area contributed by atoms with E-state index in [0.29, 0.717) is 6.04 Å². The normalized spacial score (nSPS) is 18.9. The third-order valence-electron chi connectivity index (χ3n) is 3.89. The molecule has 1 unspecified atom stereocenters. The summed E-state index contributed by atoms with van der Waals surface area (Å²) < 4.78 is 0. The highest BCUT2D eigenvalue weighted by Gasteiger charge is 2.23. The first-order valence-electron chi connectivity index (χ1n) is 7.34. The third-order valence-corrected chi connectivity index (χ3v) is 3.89. The molecule has 2 N–H and O–H groups in total. The molecule has 0 aliphatic heterocycles. The van der Waals surface area contributed by atoms with Crippen molar-refractivity contribution >= 4 is 5.91 Å². The summed E-state index contributed by atoms with van der Waals surface area (Å²) >= 11 is 0. The third kappa shape index (κ3) is 4.94. The fourth-order valence-corrected chi connectivity index (χ4v) is 2.63. The molecule has 1 rings (SSSR count). The van der Waals surface area contributed by atoms with Crippen molar-refractivity contribution in [3.05, 3.63) is 0 Å². The van der Waals surface area contributed by atoms with E-state index in [2.05, 4.69) is 17.1 Å². The zero-order chi connectivity index (χ0) is 13.4. The van der Waals surface area contributed by atoms with Crippen LogP contribution < -0.4 is 5.32 Å². The molecule has 1 aliphatic rings. The summed E-state index contributed by atoms with van der Waals surface area (Å²) in [6, 6.07) is 0.286. The molecule has 0 aromatic rings. The maximum atomic E-state index is 12.2. The van der Waals surface area contributed by atoms with Gasteiger partial charge >= 0.3 is 0 Å². The summed E-state index contributed by atoms with van der Waals surface area (Å²) in [5.74, 6) is 0.140. The zero-order valence-electron chi connectivity index (χ0n) is 11.8. The quantitative estimate of drug-likeness (QED) is 0.726. The predicted octanol–water partition coefficient (Wildman–Crippen LogP) is 1.53. The highest BCUT2D eigenvalue weighted by atomic mass is 16.3. The van der Waals surface area contributed by atoms with Crippen LogP contribution in [-0.2, 0) is 4.79 Å². The van der Waals surface area contributed by atoms with Crippen LogP contribution in [0.5, 0.6) is 0 Å². The Balaban J connectivity index is 2.37. The van der Waals surface area contributed by atoms with Gasteiger partial charge in [0, 0.05) is 19.2 Å². The maximum Gasteiger partial charge on any atom is 0.237 e. The Hall–Kier alpha value is -0.610. The van der Waals surface area contributed by atoms with Crippen molar-refractivity contribution in [3.8, 4) is 0 Å². The second-order valence-electron chi connectivity index (χ2n) is 5.23. The van der Waals surface area contributed by atoms with E-state index in [9.17, 15) is 4.79 Å². The zero-order valence-corrected chi connectivity index (χ0v) is 11.8. The molecule has 1 aliphatic carbocycles. The van der Waals surface area contributed by atoms with Crippen molar-refractivity contribution in [2.45, 2.75) is 64.5 Å². The molecule has 0 bridgehead atoms. The highest BCUT2D eigenvalue weighted by molar-refractivity contribution is 5.81. The van der Waals surface area contributed by atoms with Crippen LogP contribution >= 0.6 is 0 Å². The minimum absolute atomic E-state index is 0.0940. The molecule has 18 heavy (non-hydrogen) atoms. The van der Waals surface area contributed by atoms with E-state index in [0.717, 1.165) is 32.4 Å². The Bertz CT molecular complexity index is 240. The number of rotatable bonds is 7. The number of amides is 1. The first-order valence-corrected chi connectivity index (χ1v) is 7.34. The minimum atomic E-state index is -0.0940. The monoisotopic (exact) mass is 256 g/mol. The maximum absolute atomic E-state index is 12.2. The lowest BCUT2D eigenvalue weighted by Crippen LogP contribution is -2.49. The van der Waals surface area contributed by atoms with Crippen molar-refractivity contribution in [1.29, 1.82) is 0 Å². The Morgan fingerprint density at radius 2 is 2.06 bits per heavy atom. The predicted molar refractivity (Wildman–Crippen MR) is 73.4 cm³/mol. The summed E-state index contributed by atoms with van der Waals surface area (Å²) in [6.07, 6.45) is 6.76. The number of aliphatic hydroxyl groups excluding tert-OH is 1. The van der Waals surface area contributed by atoms with Crippen LogP contribution in [0.3, 0.4) is 0 Å². The van der Waals surface area contributed by atoms with Crippen molar-refractivity contribution in [2.75, 3.05) is 19.7 Å². The molecule has 0 aromatic heterocycles. The molecule has 1 amide bonds. The fourth-order valence-electron chi connectivity index (χ4n) is 2.63. The van der Waals surface area contributed by atoms with E-state index in [-0.39, 0.29) is 18.6 Å². The largest absolute Gasteiger partial charge is 0.396 e. The molecule has 4 nitrogen and oxygen atoms in total. The van der Waals surface area contributed by atoms with Gasteiger partial charge < -0.3 is 10.4 Å². The van der Waals surface area contributed by atoms with Crippen molar-refractivity contribution in [1.82, 2.24) is 10.2 Å². The second-order valence-corrected chi connectivity index (χ2v) is 5.23. The van der Waals surface area contributed by atoms with Gasteiger partial charge in [0.25, 0.3) is 0 Å². The van der Waals surface area contributed by atoms with Gasteiger partial charge in [-0.3, -0.25) is 9.69 Å². The van der Waals surface area contributed by atoms with E-state index in [1.807, 2.05) is 6.92 Å². The smallest absolute Gasteiger partial charge is 0.237 e. The number of aliphatic hydroxyl groups is 1.